The molecule has 29 heavy (non-hydrogen) atoms. The van der Waals surface area contributed by atoms with Crippen molar-refractivity contribution < 1.29 is 19.7 Å². The summed E-state index contributed by atoms with van der Waals surface area (Å²) in [4.78, 5) is 11.6. The second-order valence-corrected chi connectivity index (χ2v) is 11.5. The summed E-state index contributed by atoms with van der Waals surface area (Å²) in [6, 6.07) is 0. The van der Waals surface area contributed by atoms with E-state index < -0.39 is 0 Å². The summed E-state index contributed by atoms with van der Waals surface area (Å²) in [5, 5.41) is 21.5. The highest BCUT2D eigenvalue weighted by Gasteiger charge is 2.62. The number of fused-ring (bicyclic) bond motifs is 5. The molecule has 5 unspecified atom stereocenters. The van der Waals surface area contributed by atoms with Gasteiger partial charge in [0, 0.05) is 6.42 Å². The number of rotatable bonds is 4. The minimum atomic E-state index is -0.211. The Bertz CT molecular complexity index is 620. The van der Waals surface area contributed by atoms with E-state index in [-0.39, 0.29) is 23.6 Å². The number of esters is 1. The summed E-state index contributed by atoms with van der Waals surface area (Å²) in [6.45, 7) is 7.29. The molecule has 0 bridgehead atoms. The molecule has 0 aliphatic heterocycles. The van der Waals surface area contributed by atoms with Gasteiger partial charge in [-0.1, -0.05) is 20.8 Å². The van der Waals surface area contributed by atoms with E-state index in [1.54, 1.807) is 0 Å². The Kier molecular flexibility index (Phi) is 5.83. The van der Waals surface area contributed by atoms with Crippen LogP contribution in [-0.4, -0.2) is 35.5 Å². The SMILES string of the molecule is COC(=O)CC[C@@H](C)[C@H]1CCC2C3C(O)CC4C[C@H](O)CC[C@]4(C)C3CC[C@@]21C. The van der Waals surface area contributed by atoms with E-state index in [0.717, 1.165) is 32.1 Å². The summed E-state index contributed by atoms with van der Waals surface area (Å²) in [5.41, 5.74) is 0.577. The molecule has 0 amide bonds. The fourth-order valence-electron chi connectivity index (χ4n) is 8.82. The normalized spacial score (nSPS) is 50.2. The zero-order valence-electron chi connectivity index (χ0n) is 18.9. The Balaban J connectivity index is 1.53. The quantitative estimate of drug-likeness (QED) is 0.671. The Morgan fingerprint density at radius 1 is 1.03 bits per heavy atom. The van der Waals surface area contributed by atoms with Crippen LogP contribution in [0, 0.1) is 46.3 Å². The number of hydrogen-bond donors (Lipinski definition) is 2. The number of hydrogen-bond acceptors (Lipinski definition) is 4. The van der Waals surface area contributed by atoms with Gasteiger partial charge in [-0.3, -0.25) is 4.79 Å². The van der Waals surface area contributed by atoms with Gasteiger partial charge in [0.15, 0.2) is 0 Å². The second-order valence-electron chi connectivity index (χ2n) is 11.5. The molecule has 4 saturated carbocycles. The zero-order valence-corrected chi connectivity index (χ0v) is 18.9. The molecule has 0 saturated heterocycles. The maximum atomic E-state index is 11.6. The summed E-state index contributed by atoms with van der Waals surface area (Å²) >= 11 is 0. The first-order valence-electron chi connectivity index (χ1n) is 12.1. The molecule has 0 aromatic heterocycles. The molecule has 0 aromatic carbocycles. The second kappa shape index (κ2) is 7.82. The van der Waals surface area contributed by atoms with E-state index in [1.165, 1.54) is 32.8 Å². The molecule has 166 valence electrons. The molecule has 10 atom stereocenters. The fourth-order valence-corrected chi connectivity index (χ4v) is 8.82. The van der Waals surface area contributed by atoms with E-state index in [1.807, 2.05) is 0 Å². The maximum Gasteiger partial charge on any atom is 0.305 e. The minimum Gasteiger partial charge on any atom is -0.469 e. The van der Waals surface area contributed by atoms with E-state index >= 15 is 0 Å². The van der Waals surface area contributed by atoms with Gasteiger partial charge < -0.3 is 14.9 Å². The first-order valence-corrected chi connectivity index (χ1v) is 12.1. The monoisotopic (exact) mass is 406 g/mol. The van der Waals surface area contributed by atoms with Crippen molar-refractivity contribution in [1.82, 2.24) is 0 Å². The van der Waals surface area contributed by atoms with Crippen LogP contribution in [0.15, 0.2) is 0 Å². The summed E-state index contributed by atoms with van der Waals surface area (Å²) in [6.07, 6.45) is 9.80. The minimum absolute atomic E-state index is 0.0959. The Hall–Kier alpha value is -0.610. The Morgan fingerprint density at radius 2 is 1.72 bits per heavy atom. The number of methoxy groups -OCH3 is 1. The zero-order chi connectivity index (χ0) is 21.0. The molecule has 4 heteroatoms. The summed E-state index contributed by atoms with van der Waals surface area (Å²) < 4.78 is 4.86. The lowest BCUT2D eigenvalue weighted by molar-refractivity contribution is -0.174. The van der Waals surface area contributed by atoms with Gasteiger partial charge in [0.1, 0.15) is 0 Å². The van der Waals surface area contributed by atoms with Gasteiger partial charge in [0.2, 0.25) is 0 Å². The molecule has 4 aliphatic carbocycles. The topological polar surface area (TPSA) is 66.8 Å². The predicted molar refractivity (Wildman–Crippen MR) is 113 cm³/mol. The molecule has 4 rings (SSSR count). The molecule has 0 radical (unpaired) electrons. The summed E-state index contributed by atoms with van der Waals surface area (Å²) in [7, 11) is 1.48. The van der Waals surface area contributed by atoms with Crippen molar-refractivity contribution in [2.45, 2.75) is 97.2 Å². The van der Waals surface area contributed by atoms with Crippen molar-refractivity contribution in [2.75, 3.05) is 7.11 Å². The fraction of sp³-hybridized carbons (Fsp3) is 0.960. The largest absolute Gasteiger partial charge is 0.469 e. The molecule has 4 fully saturated rings. The average Bonchev–Trinajstić information content (AvgIpc) is 3.04. The highest BCUT2D eigenvalue weighted by atomic mass is 16.5. The van der Waals surface area contributed by atoms with Crippen molar-refractivity contribution in [3.63, 3.8) is 0 Å². The van der Waals surface area contributed by atoms with Gasteiger partial charge in [0.25, 0.3) is 0 Å². The standard InChI is InChI=1S/C25H42O4/c1-15(5-8-22(28)29-4)18-6-7-19-23-20(10-12-25(18,19)3)24(2)11-9-17(26)13-16(24)14-21(23)27/h15-21,23,26-27H,5-14H2,1-4H3/t15-,16?,17-,18-,19?,20?,21?,23?,24+,25-/m1/s1. The van der Waals surface area contributed by atoms with Gasteiger partial charge in [-0.2, -0.15) is 0 Å². The third-order valence-corrected chi connectivity index (χ3v) is 10.4. The Labute approximate surface area is 176 Å². The smallest absolute Gasteiger partial charge is 0.305 e. The first-order chi connectivity index (χ1) is 13.7. The van der Waals surface area contributed by atoms with E-state index in [9.17, 15) is 15.0 Å². The predicted octanol–water partition coefficient (Wildman–Crippen LogP) is 4.57. The van der Waals surface area contributed by atoms with Crippen LogP contribution in [0.2, 0.25) is 0 Å². The van der Waals surface area contributed by atoms with Crippen molar-refractivity contribution in [3.8, 4) is 0 Å². The lowest BCUT2D eigenvalue weighted by atomic mass is 9.43. The van der Waals surface area contributed by atoms with Crippen LogP contribution in [0.1, 0.15) is 85.0 Å². The third-order valence-electron chi connectivity index (χ3n) is 10.4. The van der Waals surface area contributed by atoms with Crippen LogP contribution >= 0.6 is 0 Å². The van der Waals surface area contributed by atoms with Crippen LogP contribution < -0.4 is 0 Å². The lowest BCUT2D eigenvalue weighted by Crippen LogP contribution is -2.58. The highest BCUT2D eigenvalue weighted by molar-refractivity contribution is 5.69. The molecular formula is C25H42O4. The van der Waals surface area contributed by atoms with E-state index in [4.69, 9.17) is 4.74 Å². The van der Waals surface area contributed by atoms with Crippen molar-refractivity contribution in [2.24, 2.45) is 46.3 Å². The first kappa shape index (κ1) is 21.6. The molecule has 4 aliphatic rings. The lowest BCUT2D eigenvalue weighted by Gasteiger charge is -2.62. The van der Waals surface area contributed by atoms with Gasteiger partial charge in [-0.05, 0) is 104 Å². The van der Waals surface area contributed by atoms with Crippen LogP contribution in [0.4, 0.5) is 0 Å². The number of carbonyl (C=O) groups excluding carboxylic acids is 1. The van der Waals surface area contributed by atoms with Gasteiger partial charge >= 0.3 is 5.97 Å². The molecule has 4 nitrogen and oxygen atoms in total. The third kappa shape index (κ3) is 3.46. The number of aliphatic hydroxyl groups excluding tert-OH is 2. The molecule has 0 heterocycles. The van der Waals surface area contributed by atoms with Crippen molar-refractivity contribution in [3.05, 3.63) is 0 Å². The molecule has 0 spiro atoms. The van der Waals surface area contributed by atoms with Crippen molar-refractivity contribution >= 4 is 5.97 Å². The van der Waals surface area contributed by atoms with Crippen LogP contribution in [-0.2, 0) is 9.53 Å². The van der Waals surface area contributed by atoms with E-state index in [0.29, 0.717) is 47.3 Å². The summed E-state index contributed by atoms with van der Waals surface area (Å²) in [5.74, 6) is 3.17. The van der Waals surface area contributed by atoms with Gasteiger partial charge in [-0.15, -0.1) is 0 Å². The molecule has 0 aromatic rings. The van der Waals surface area contributed by atoms with E-state index in [2.05, 4.69) is 20.8 Å². The van der Waals surface area contributed by atoms with Crippen LogP contribution in [0.25, 0.3) is 0 Å². The van der Waals surface area contributed by atoms with Crippen LogP contribution in [0.5, 0.6) is 0 Å². The highest BCUT2D eigenvalue weighted by Crippen LogP contribution is 2.68. The number of ether oxygens (including phenoxy) is 1. The number of aliphatic hydroxyl groups is 2. The molecule has 2 N–H and O–H groups in total. The number of carbonyl (C=O) groups is 1. The average molecular weight is 407 g/mol. The molecular weight excluding hydrogens is 364 g/mol. The van der Waals surface area contributed by atoms with Crippen LogP contribution in [0.3, 0.4) is 0 Å². The maximum absolute atomic E-state index is 11.6. The van der Waals surface area contributed by atoms with Gasteiger partial charge in [0.05, 0.1) is 19.3 Å². The van der Waals surface area contributed by atoms with Gasteiger partial charge in [-0.25, -0.2) is 0 Å². The Morgan fingerprint density at radius 3 is 2.45 bits per heavy atom. The van der Waals surface area contributed by atoms with Crippen molar-refractivity contribution in [1.29, 1.82) is 0 Å².